The Bertz CT molecular complexity index is 548. The minimum atomic E-state index is 0. The number of aliphatic imine (C=N–C) groups is 1. The van der Waals surface area contributed by atoms with Crippen LogP contribution in [-0.2, 0) is 4.79 Å². The molecule has 0 bridgehead atoms. The van der Waals surface area contributed by atoms with Crippen LogP contribution in [0, 0.1) is 5.92 Å². The summed E-state index contributed by atoms with van der Waals surface area (Å²) in [5.74, 6) is 2.31. The molecule has 2 rings (SSSR count). The van der Waals surface area contributed by atoms with E-state index in [2.05, 4.69) is 20.9 Å². The van der Waals surface area contributed by atoms with Gasteiger partial charge in [0.15, 0.2) is 5.96 Å². The van der Waals surface area contributed by atoms with Gasteiger partial charge in [-0.2, -0.15) is 0 Å². The van der Waals surface area contributed by atoms with Crippen LogP contribution in [0.5, 0.6) is 5.75 Å². The van der Waals surface area contributed by atoms with Crippen LogP contribution in [0.15, 0.2) is 35.3 Å². The van der Waals surface area contributed by atoms with Crippen molar-refractivity contribution in [3.8, 4) is 5.75 Å². The minimum Gasteiger partial charge on any atom is -0.492 e. The van der Waals surface area contributed by atoms with Crippen LogP contribution >= 0.6 is 24.0 Å². The first-order valence-electron chi connectivity index (χ1n) is 9.67. The van der Waals surface area contributed by atoms with Gasteiger partial charge in [0, 0.05) is 26.6 Å². The van der Waals surface area contributed by atoms with E-state index in [0.717, 1.165) is 5.75 Å². The average Bonchev–Trinajstić information content (AvgIpc) is 2.68. The second-order valence-electron chi connectivity index (χ2n) is 6.65. The SMILES string of the molecule is CN=C(NCCNC(=O)CC1CCCCC1)NCCOc1ccccc1.I. The number of carbonyl (C=O) groups is 1. The van der Waals surface area contributed by atoms with Gasteiger partial charge in [-0.1, -0.05) is 37.5 Å². The normalized spacial score (nSPS) is 14.8. The number of amides is 1. The van der Waals surface area contributed by atoms with E-state index in [1.54, 1.807) is 7.05 Å². The molecule has 27 heavy (non-hydrogen) atoms. The highest BCUT2D eigenvalue weighted by Crippen LogP contribution is 2.25. The standard InChI is InChI=1S/C20H32N4O2.HI/c1-21-20(24-14-15-26-18-10-6-3-7-11-18)23-13-12-22-19(25)16-17-8-4-2-5-9-17;/h3,6-7,10-11,17H,2,4-5,8-9,12-16H2,1H3,(H,22,25)(H2,21,23,24);1H. The summed E-state index contributed by atoms with van der Waals surface area (Å²) in [6, 6.07) is 9.73. The Hall–Kier alpha value is -1.51. The number of rotatable bonds is 9. The molecule has 1 amide bonds. The van der Waals surface area contributed by atoms with E-state index in [0.29, 0.717) is 44.5 Å². The molecule has 152 valence electrons. The van der Waals surface area contributed by atoms with Gasteiger partial charge in [0.25, 0.3) is 0 Å². The third-order valence-corrected chi connectivity index (χ3v) is 4.57. The highest BCUT2D eigenvalue weighted by atomic mass is 127. The molecule has 1 aromatic carbocycles. The van der Waals surface area contributed by atoms with Crippen molar-refractivity contribution in [2.75, 3.05) is 33.3 Å². The van der Waals surface area contributed by atoms with Gasteiger partial charge >= 0.3 is 0 Å². The lowest BCUT2D eigenvalue weighted by atomic mass is 9.87. The molecule has 0 heterocycles. The number of para-hydroxylation sites is 1. The number of hydrogen-bond acceptors (Lipinski definition) is 3. The van der Waals surface area contributed by atoms with E-state index < -0.39 is 0 Å². The predicted molar refractivity (Wildman–Crippen MR) is 121 cm³/mol. The van der Waals surface area contributed by atoms with Gasteiger partial charge in [0.05, 0.1) is 6.54 Å². The Kier molecular flexibility index (Phi) is 12.7. The summed E-state index contributed by atoms with van der Waals surface area (Å²) in [7, 11) is 1.73. The molecule has 0 radical (unpaired) electrons. The van der Waals surface area contributed by atoms with Crippen LogP contribution in [0.1, 0.15) is 38.5 Å². The number of carbonyl (C=O) groups excluding carboxylic acids is 1. The quantitative estimate of drug-likeness (QED) is 0.216. The summed E-state index contributed by atoms with van der Waals surface area (Å²) in [5.41, 5.74) is 0. The highest BCUT2D eigenvalue weighted by molar-refractivity contribution is 14.0. The topological polar surface area (TPSA) is 74.8 Å². The summed E-state index contributed by atoms with van der Waals surface area (Å²) >= 11 is 0. The molecular weight excluding hydrogens is 455 g/mol. The average molecular weight is 488 g/mol. The van der Waals surface area contributed by atoms with Crippen molar-refractivity contribution in [2.45, 2.75) is 38.5 Å². The van der Waals surface area contributed by atoms with Crippen molar-refractivity contribution < 1.29 is 9.53 Å². The molecule has 0 aromatic heterocycles. The Labute approximate surface area is 179 Å². The van der Waals surface area contributed by atoms with Crippen LogP contribution in [0.4, 0.5) is 0 Å². The smallest absolute Gasteiger partial charge is 0.220 e. The fourth-order valence-corrected chi connectivity index (χ4v) is 3.18. The Morgan fingerprint density at radius 2 is 1.70 bits per heavy atom. The van der Waals surface area contributed by atoms with Crippen molar-refractivity contribution in [2.24, 2.45) is 10.9 Å². The number of halogens is 1. The van der Waals surface area contributed by atoms with E-state index >= 15 is 0 Å². The Morgan fingerprint density at radius 3 is 2.41 bits per heavy atom. The number of hydrogen-bond donors (Lipinski definition) is 3. The molecule has 7 heteroatoms. The molecule has 3 N–H and O–H groups in total. The van der Waals surface area contributed by atoms with Gasteiger partial charge in [0.1, 0.15) is 12.4 Å². The van der Waals surface area contributed by atoms with Gasteiger partial charge in [-0.05, 0) is 30.9 Å². The van der Waals surface area contributed by atoms with Crippen molar-refractivity contribution in [1.82, 2.24) is 16.0 Å². The second-order valence-corrected chi connectivity index (χ2v) is 6.65. The zero-order valence-corrected chi connectivity index (χ0v) is 18.5. The molecule has 6 nitrogen and oxygen atoms in total. The van der Waals surface area contributed by atoms with Crippen molar-refractivity contribution in [3.05, 3.63) is 30.3 Å². The summed E-state index contributed by atoms with van der Waals surface area (Å²) in [6.45, 7) is 2.47. The van der Waals surface area contributed by atoms with Crippen molar-refractivity contribution in [1.29, 1.82) is 0 Å². The molecule has 0 saturated heterocycles. The van der Waals surface area contributed by atoms with Crippen LogP contribution < -0.4 is 20.7 Å². The maximum absolute atomic E-state index is 12.0. The number of ether oxygens (including phenoxy) is 1. The fraction of sp³-hybridized carbons (Fsp3) is 0.600. The van der Waals surface area contributed by atoms with E-state index in [4.69, 9.17) is 4.74 Å². The van der Waals surface area contributed by atoms with Crippen LogP contribution in [0.25, 0.3) is 0 Å². The minimum absolute atomic E-state index is 0. The molecule has 0 aliphatic heterocycles. The zero-order valence-electron chi connectivity index (χ0n) is 16.2. The van der Waals surface area contributed by atoms with E-state index in [1.165, 1.54) is 32.1 Å². The van der Waals surface area contributed by atoms with Crippen molar-refractivity contribution in [3.63, 3.8) is 0 Å². The Morgan fingerprint density at radius 1 is 1.04 bits per heavy atom. The van der Waals surface area contributed by atoms with E-state index in [-0.39, 0.29) is 29.9 Å². The predicted octanol–water partition coefficient (Wildman–Crippen LogP) is 2.94. The first-order chi connectivity index (χ1) is 12.8. The highest BCUT2D eigenvalue weighted by Gasteiger charge is 2.16. The van der Waals surface area contributed by atoms with Crippen molar-refractivity contribution >= 4 is 35.8 Å². The van der Waals surface area contributed by atoms with Gasteiger partial charge < -0.3 is 20.7 Å². The molecule has 1 fully saturated rings. The number of benzene rings is 1. The monoisotopic (exact) mass is 488 g/mol. The lowest BCUT2D eigenvalue weighted by Crippen LogP contribution is -2.42. The van der Waals surface area contributed by atoms with Gasteiger partial charge in [-0.3, -0.25) is 9.79 Å². The van der Waals surface area contributed by atoms with Crippen LogP contribution in [0.2, 0.25) is 0 Å². The van der Waals surface area contributed by atoms with Crippen LogP contribution in [-0.4, -0.2) is 45.2 Å². The maximum Gasteiger partial charge on any atom is 0.220 e. The molecule has 1 saturated carbocycles. The van der Waals surface area contributed by atoms with Gasteiger partial charge in [0.2, 0.25) is 5.91 Å². The molecule has 1 aliphatic carbocycles. The summed E-state index contributed by atoms with van der Waals surface area (Å²) < 4.78 is 5.63. The number of guanidine groups is 1. The third kappa shape index (κ3) is 10.4. The first kappa shape index (κ1) is 23.5. The first-order valence-corrected chi connectivity index (χ1v) is 9.67. The Balaban J connectivity index is 0.00000364. The van der Waals surface area contributed by atoms with E-state index in [9.17, 15) is 4.79 Å². The number of nitrogens with one attached hydrogen (secondary N) is 3. The molecule has 0 atom stereocenters. The van der Waals surface area contributed by atoms with Gasteiger partial charge in [-0.15, -0.1) is 24.0 Å². The molecule has 0 spiro atoms. The third-order valence-electron chi connectivity index (χ3n) is 4.57. The molecule has 1 aromatic rings. The molecular formula is C20H33IN4O2. The molecule has 0 unspecified atom stereocenters. The second kappa shape index (κ2) is 14.5. The summed E-state index contributed by atoms with van der Waals surface area (Å²) in [6.07, 6.45) is 6.94. The summed E-state index contributed by atoms with van der Waals surface area (Å²) in [5, 5.41) is 9.38. The van der Waals surface area contributed by atoms with Gasteiger partial charge in [-0.25, -0.2) is 0 Å². The van der Waals surface area contributed by atoms with E-state index in [1.807, 2.05) is 30.3 Å². The lowest BCUT2D eigenvalue weighted by Gasteiger charge is -2.20. The largest absolute Gasteiger partial charge is 0.492 e. The fourth-order valence-electron chi connectivity index (χ4n) is 3.18. The zero-order chi connectivity index (χ0) is 18.5. The van der Waals surface area contributed by atoms with Crippen LogP contribution in [0.3, 0.4) is 0 Å². The maximum atomic E-state index is 12.0. The number of nitrogens with zero attached hydrogens (tertiary/aromatic N) is 1. The lowest BCUT2D eigenvalue weighted by molar-refractivity contribution is -0.122. The molecule has 1 aliphatic rings. The summed E-state index contributed by atoms with van der Waals surface area (Å²) in [4.78, 5) is 16.1.